The zero-order chi connectivity index (χ0) is 14.8. The Kier molecular flexibility index (Phi) is 3.53. The van der Waals surface area contributed by atoms with Crippen LogP contribution < -0.4 is 0 Å². The maximum atomic E-state index is 11.4. The van der Waals surface area contributed by atoms with Gasteiger partial charge in [-0.15, -0.1) is 5.10 Å². The first kappa shape index (κ1) is 13.5. The first-order chi connectivity index (χ1) is 10.2. The van der Waals surface area contributed by atoms with Gasteiger partial charge in [0.1, 0.15) is 5.03 Å². The minimum atomic E-state index is 0.548. The molecule has 8 heteroatoms. The van der Waals surface area contributed by atoms with Crippen LogP contribution in [0.1, 0.15) is 16.1 Å². The van der Waals surface area contributed by atoms with Gasteiger partial charge in [0.05, 0.1) is 16.9 Å². The molecule has 2 aromatic heterocycles. The van der Waals surface area contributed by atoms with E-state index >= 15 is 0 Å². The molecule has 3 aromatic rings. The van der Waals surface area contributed by atoms with Crippen LogP contribution in [0.2, 0.25) is 0 Å². The van der Waals surface area contributed by atoms with E-state index in [1.165, 1.54) is 11.8 Å². The zero-order valence-corrected chi connectivity index (χ0v) is 12.3. The number of aromatic nitrogens is 6. The number of carbonyl (C=O) groups is 1. The molecule has 0 fully saturated rings. The van der Waals surface area contributed by atoms with Gasteiger partial charge in [0.15, 0.2) is 6.29 Å². The molecule has 21 heavy (non-hydrogen) atoms. The molecule has 0 aliphatic heterocycles. The summed E-state index contributed by atoms with van der Waals surface area (Å²) in [5.41, 5.74) is 2.10. The fourth-order valence-corrected chi connectivity index (χ4v) is 2.85. The summed E-state index contributed by atoms with van der Waals surface area (Å²) in [6, 6.07) is 9.64. The second-order valence-electron chi connectivity index (χ2n) is 4.36. The Hall–Kier alpha value is -2.48. The molecule has 0 radical (unpaired) electrons. The largest absolute Gasteiger partial charge is 0.298 e. The maximum Gasteiger partial charge on any atom is 0.215 e. The predicted octanol–water partition coefficient (Wildman–Crippen LogP) is 1.67. The van der Waals surface area contributed by atoms with Crippen molar-refractivity contribution in [1.82, 2.24) is 30.0 Å². The molecular formula is C13H12N6OS. The number of para-hydroxylation sites is 1. The number of benzene rings is 1. The van der Waals surface area contributed by atoms with Crippen molar-refractivity contribution in [3.8, 4) is 5.69 Å². The SMILES string of the molecule is Cc1nn(-c2ccccc2)c(Sc2nnnn2C)c1C=O. The van der Waals surface area contributed by atoms with Crippen LogP contribution in [-0.2, 0) is 7.05 Å². The van der Waals surface area contributed by atoms with E-state index in [1.54, 1.807) is 16.4 Å². The summed E-state index contributed by atoms with van der Waals surface area (Å²) < 4.78 is 3.29. The number of aldehydes is 1. The number of hydrogen-bond donors (Lipinski definition) is 0. The topological polar surface area (TPSA) is 78.5 Å². The summed E-state index contributed by atoms with van der Waals surface area (Å²) in [7, 11) is 1.75. The molecule has 0 spiro atoms. The zero-order valence-electron chi connectivity index (χ0n) is 11.5. The highest BCUT2D eigenvalue weighted by Gasteiger charge is 2.19. The van der Waals surface area contributed by atoms with Crippen LogP contribution in [0, 0.1) is 6.92 Å². The number of aryl methyl sites for hydroxylation is 2. The van der Waals surface area contributed by atoms with E-state index in [0.717, 1.165) is 12.0 Å². The molecule has 0 saturated carbocycles. The first-order valence-corrected chi connectivity index (χ1v) is 7.03. The molecule has 0 aliphatic carbocycles. The fraction of sp³-hybridized carbons (Fsp3) is 0.154. The van der Waals surface area contributed by atoms with Crippen molar-refractivity contribution in [2.24, 2.45) is 7.05 Å². The minimum absolute atomic E-state index is 0.548. The summed E-state index contributed by atoms with van der Waals surface area (Å²) in [5, 5.41) is 17.1. The molecule has 0 N–H and O–H groups in total. The van der Waals surface area contributed by atoms with Gasteiger partial charge in [-0.05, 0) is 41.2 Å². The standard InChI is InChI=1S/C13H12N6OS/c1-9-11(8-20)12(21-13-14-16-17-18(13)2)19(15-9)10-6-4-3-5-7-10/h3-8H,1-2H3. The molecule has 3 rings (SSSR count). The van der Waals surface area contributed by atoms with E-state index < -0.39 is 0 Å². The van der Waals surface area contributed by atoms with Crippen molar-refractivity contribution < 1.29 is 4.79 Å². The van der Waals surface area contributed by atoms with Crippen LogP contribution in [-0.4, -0.2) is 36.3 Å². The van der Waals surface area contributed by atoms with Crippen molar-refractivity contribution in [2.45, 2.75) is 17.1 Å². The van der Waals surface area contributed by atoms with Crippen LogP contribution in [0.15, 0.2) is 40.5 Å². The number of hydrogen-bond acceptors (Lipinski definition) is 6. The van der Waals surface area contributed by atoms with Crippen LogP contribution in [0.4, 0.5) is 0 Å². The third-order valence-electron chi connectivity index (χ3n) is 2.95. The summed E-state index contributed by atoms with van der Waals surface area (Å²) in [4.78, 5) is 11.4. The van der Waals surface area contributed by atoms with E-state index in [2.05, 4.69) is 20.6 Å². The Morgan fingerprint density at radius 1 is 1.24 bits per heavy atom. The summed E-state index contributed by atoms with van der Waals surface area (Å²) in [6.07, 6.45) is 0.813. The molecule has 7 nitrogen and oxygen atoms in total. The molecule has 0 atom stereocenters. The summed E-state index contributed by atoms with van der Waals surface area (Å²) >= 11 is 1.31. The van der Waals surface area contributed by atoms with Gasteiger partial charge in [0.2, 0.25) is 5.16 Å². The monoisotopic (exact) mass is 300 g/mol. The van der Waals surface area contributed by atoms with Crippen LogP contribution >= 0.6 is 11.8 Å². The van der Waals surface area contributed by atoms with Crippen molar-refractivity contribution in [2.75, 3.05) is 0 Å². The third-order valence-corrected chi connectivity index (χ3v) is 4.07. The smallest absolute Gasteiger partial charge is 0.215 e. The Morgan fingerprint density at radius 2 is 2.00 bits per heavy atom. The van der Waals surface area contributed by atoms with Gasteiger partial charge in [-0.2, -0.15) is 5.10 Å². The number of carbonyl (C=O) groups excluding carboxylic acids is 1. The van der Waals surface area contributed by atoms with Crippen LogP contribution in [0.3, 0.4) is 0 Å². The second kappa shape index (κ2) is 5.49. The average molecular weight is 300 g/mol. The fourth-order valence-electron chi connectivity index (χ4n) is 1.89. The van der Waals surface area contributed by atoms with Crippen molar-refractivity contribution >= 4 is 18.0 Å². The molecule has 1 aromatic carbocycles. The minimum Gasteiger partial charge on any atom is -0.298 e. The van der Waals surface area contributed by atoms with Gasteiger partial charge in [-0.25, -0.2) is 9.36 Å². The lowest BCUT2D eigenvalue weighted by atomic mass is 10.3. The van der Waals surface area contributed by atoms with E-state index in [4.69, 9.17) is 0 Å². The number of rotatable bonds is 4. The molecule has 2 heterocycles. The van der Waals surface area contributed by atoms with Gasteiger partial charge in [-0.1, -0.05) is 18.2 Å². The second-order valence-corrected chi connectivity index (χ2v) is 5.31. The van der Waals surface area contributed by atoms with Gasteiger partial charge in [0, 0.05) is 7.05 Å². The third kappa shape index (κ3) is 2.45. The quantitative estimate of drug-likeness (QED) is 0.682. The van der Waals surface area contributed by atoms with Crippen molar-refractivity contribution in [3.05, 3.63) is 41.6 Å². The molecule has 0 amide bonds. The van der Waals surface area contributed by atoms with Crippen molar-refractivity contribution in [3.63, 3.8) is 0 Å². The highest BCUT2D eigenvalue weighted by Crippen LogP contribution is 2.31. The lowest BCUT2D eigenvalue weighted by Gasteiger charge is -2.06. The Labute approximate surface area is 125 Å². The Morgan fingerprint density at radius 3 is 2.62 bits per heavy atom. The normalized spacial score (nSPS) is 10.8. The molecule has 0 bridgehead atoms. The van der Waals surface area contributed by atoms with E-state index in [1.807, 2.05) is 37.3 Å². The van der Waals surface area contributed by atoms with E-state index in [0.29, 0.717) is 21.4 Å². The van der Waals surface area contributed by atoms with Gasteiger partial charge in [-0.3, -0.25) is 4.79 Å². The first-order valence-electron chi connectivity index (χ1n) is 6.21. The maximum absolute atomic E-state index is 11.4. The van der Waals surface area contributed by atoms with Gasteiger partial charge in [0.25, 0.3) is 0 Å². The lowest BCUT2D eigenvalue weighted by Crippen LogP contribution is -2.00. The molecule has 0 saturated heterocycles. The highest BCUT2D eigenvalue weighted by molar-refractivity contribution is 7.99. The van der Waals surface area contributed by atoms with Crippen LogP contribution in [0.5, 0.6) is 0 Å². The number of tetrazole rings is 1. The Balaban J connectivity index is 2.13. The predicted molar refractivity (Wildman–Crippen MR) is 76.6 cm³/mol. The molecule has 106 valence electrons. The average Bonchev–Trinajstić information content (AvgIpc) is 3.04. The van der Waals surface area contributed by atoms with E-state index in [-0.39, 0.29) is 0 Å². The molecular weight excluding hydrogens is 288 g/mol. The van der Waals surface area contributed by atoms with E-state index in [9.17, 15) is 4.79 Å². The molecule has 0 unspecified atom stereocenters. The Bertz CT molecular complexity index is 779. The number of nitrogens with zero attached hydrogens (tertiary/aromatic N) is 6. The summed E-state index contributed by atoms with van der Waals surface area (Å²) in [5.74, 6) is 0. The van der Waals surface area contributed by atoms with Crippen molar-refractivity contribution in [1.29, 1.82) is 0 Å². The lowest BCUT2D eigenvalue weighted by molar-refractivity contribution is 0.112. The highest BCUT2D eigenvalue weighted by atomic mass is 32.2. The van der Waals surface area contributed by atoms with Crippen LogP contribution in [0.25, 0.3) is 5.69 Å². The molecule has 0 aliphatic rings. The van der Waals surface area contributed by atoms with Gasteiger partial charge >= 0.3 is 0 Å². The summed E-state index contributed by atoms with van der Waals surface area (Å²) in [6.45, 7) is 1.81. The van der Waals surface area contributed by atoms with Gasteiger partial charge < -0.3 is 0 Å².